The molecular weight excluding hydrogens is 419 g/mol. The molecule has 3 aromatic rings. The summed E-state index contributed by atoms with van der Waals surface area (Å²) in [6, 6.07) is 9.25. The molecule has 1 aliphatic rings. The molecule has 0 unspecified atom stereocenters. The molecule has 1 fully saturated rings. The van der Waals surface area contributed by atoms with Crippen LogP contribution in [0.15, 0.2) is 30.3 Å². The molecule has 1 aliphatic carbocycles. The predicted octanol–water partition coefficient (Wildman–Crippen LogP) is 4.98. The van der Waals surface area contributed by atoms with Gasteiger partial charge in [-0.25, -0.2) is 0 Å². The van der Waals surface area contributed by atoms with Crippen LogP contribution >= 0.6 is 0 Å². The zero-order valence-electron chi connectivity index (χ0n) is 18.3. The summed E-state index contributed by atoms with van der Waals surface area (Å²) in [4.78, 5) is 12.6. The van der Waals surface area contributed by atoms with Gasteiger partial charge in [-0.3, -0.25) is 14.2 Å². The highest BCUT2D eigenvalue weighted by molar-refractivity contribution is 5.91. The summed E-state index contributed by atoms with van der Waals surface area (Å²) in [5, 5.41) is 11.1. The number of hydrogen-bond donors (Lipinski definition) is 1. The number of carbonyl (C=O) groups is 1. The standard InChI is InChI=1S/C23H26F3N5O/c1-14-5-4-6-17(11-14)13-31-16(3)22(15(2)28-31)27-21(32)9-10-30-19(18-7-8-18)12-20(29-30)23(24,25)26/h4-6,11-12,18H,7-10,13H2,1-3H3,(H,27,32). The Morgan fingerprint density at radius 1 is 1.12 bits per heavy atom. The van der Waals surface area contributed by atoms with E-state index in [1.807, 2.05) is 43.7 Å². The van der Waals surface area contributed by atoms with Crippen LogP contribution < -0.4 is 5.32 Å². The van der Waals surface area contributed by atoms with E-state index >= 15 is 0 Å². The number of benzene rings is 1. The lowest BCUT2D eigenvalue weighted by Gasteiger charge is -2.09. The minimum absolute atomic E-state index is 0.0284. The Labute approximate surface area is 184 Å². The molecule has 1 amide bonds. The van der Waals surface area contributed by atoms with E-state index in [2.05, 4.69) is 21.6 Å². The Bertz CT molecular complexity index is 1140. The number of amides is 1. The quantitative estimate of drug-likeness (QED) is 0.558. The third kappa shape index (κ3) is 4.87. The Kier molecular flexibility index (Phi) is 5.83. The summed E-state index contributed by atoms with van der Waals surface area (Å²) in [6.45, 7) is 6.43. The summed E-state index contributed by atoms with van der Waals surface area (Å²) < 4.78 is 42.3. The third-order valence-corrected chi connectivity index (χ3v) is 5.71. The lowest BCUT2D eigenvalue weighted by molar-refractivity contribution is -0.141. The molecule has 1 aromatic carbocycles. The molecule has 1 saturated carbocycles. The Balaban J connectivity index is 1.43. The van der Waals surface area contributed by atoms with Gasteiger partial charge >= 0.3 is 6.18 Å². The first-order valence-corrected chi connectivity index (χ1v) is 10.7. The minimum atomic E-state index is -4.49. The van der Waals surface area contributed by atoms with Crippen LogP contribution in [0.25, 0.3) is 0 Å². The summed E-state index contributed by atoms with van der Waals surface area (Å²) in [7, 11) is 0. The Morgan fingerprint density at radius 3 is 2.53 bits per heavy atom. The van der Waals surface area contributed by atoms with Crippen molar-refractivity contribution in [3.05, 3.63) is 64.2 Å². The van der Waals surface area contributed by atoms with Gasteiger partial charge in [0.2, 0.25) is 5.91 Å². The van der Waals surface area contributed by atoms with Gasteiger partial charge in [0.15, 0.2) is 5.69 Å². The Hall–Kier alpha value is -3.10. The molecule has 0 saturated heterocycles. The predicted molar refractivity (Wildman–Crippen MR) is 114 cm³/mol. The fourth-order valence-electron chi connectivity index (χ4n) is 3.88. The van der Waals surface area contributed by atoms with Gasteiger partial charge in [-0.05, 0) is 45.2 Å². The average molecular weight is 445 g/mol. The van der Waals surface area contributed by atoms with E-state index in [4.69, 9.17) is 0 Å². The van der Waals surface area contributed by atoms with Crippen LogP contribution in [0.5, 0.6) is 0 Å². The first-order chi connectivity index (χ1) is 15.1. The highest BCUT2D eigenvalue weighted by Crippen LogP contribution is 2.42. The largest absolute Gasteiger partial charge is 0.435 e. The van der Waals surface area contributed by atoms with Crippen LogP contribution in [-0.4, -0.2) is 25.5 Å². The summed E-state index contributed by atoms with van der Waals surface area (Å²) in [5.74, 6) is -0.178. The van der Waals surface area contributed by atoms with Gasteiger partial charge in [0.25, 0.3) is 0 Å². The Morgan fingerprint density at radius 2 is 1.88 bits per heavy atom. The maximum atomic E-state index is 13.1. The maximum absolute atomic E-state index is 13.1. The van der Waals surface area contributed by atoms with Crippen molar-refractivity contribution in [3.8, 4) is 0 Å². The van der Waals surface area contributed by atoms with E-state index in [1.165, 1.54) is 4.68 Å². The lowest BCUT2D eigenvalue weighted by Crippen LogP contribution is -2.17. The molecule has 9 heteroatoms. The van der Waals surface area contributed by atoms with E-state index in [1.54, 1.807) is 0 Å². The molecule has 2 heterocycles. The lowest BCUT2D eigenvalue weighted by atomic mass is 10.1. The van der Waals surface area contributed by atoms with Crippen LogP contribution in [0.4, 0.5) is 18.9 Å². The second-order valence-electron chi connectivity index (χ2n) is 8.44. The van der Waals surface area contributed by atoms with Crippen LogP contribution in [-0.2, 0) is 24.1 Å². The van der Waals surface area contributed by atoms with Crippen LogP contribution in [0, 0.1) is 20.8 Å². The SMILES string of the molecule is Cc1cccc(Cn2nc(C)c(NC(=O)CCn3nc(C(F)(F)F)cc3C3CC3)c2C)c1. The summed E-state index contributed by atoms with van der Waals surface area (Å²) in [5.41, 5.74) is 4.10. The van der Waals surface area contributed by atoms with E-state index < -0.39 is 11.9 Å². The normalized spacial score (nSPS) is 14.1. The van der Waals surface area contributed by atoms with Crippen LogP contribution in [0.2, 0.25) is 0 Å². The van der Waals surface area contributed by atoms with Gasteiger partial charge in [0.1, 0.15) is 0 Å². The molecule has 0 bridgehead atoms. The smallest absolute Gasteiger partial charge is 0.323 e. The van der Waals surface area contributed by atoms with E-state index in [9.17, 15) is 18.0 Å². The first-order valence-electron chi connectivity index (χ1n) is 10.7. The number of aryl methyl sites for hydroxylation is 3. The van der Waals surface area contributed by atoms with Crippen molar-refractivity contribution in [2.75, 3.05) is 5.32 Å². The van der Waals surface area contributed by atoms with E-state index in [-0.39, 0.29) is 24.8 Å². The van der Waals surface area contributed by atoms with Crippen LogP contribution in [0.1, 0.15) is 59.1 Å². The van der Waals surface area contributed by atoms with Crippen molar-refractivity contribution < 1.29 is 18.0 Å². The molecule has 1 N–H and O–H groups in total. The van der Waals surface area contributed by atoms with Crippen molar-refractivity contribution in [2.24, 2.45) is 0 Å². The van der Waals surface area contributed by atoms with E-state index in [0.29, 0.717) is 23.6 Å². The zero-order valence-corrected chi connectivity index (χ0v) is 18.3. The maximum Gasteiger partial charge on any atom is 0.435 e. The molecule has 0 spiro atoms. The number of aromatic nitrogens is 4. The number of hydrogen-bond acceptors (Lipinski definition) is 3. The molecule has 0 radical (unpaired) electrons. The third-order valence-electron chi connectivity index (χ3n) is 5.71. The van der Waals surface area contributed by atoms with Gasteiger partial charge in [-0.1, -0.05) is 29.8 Å². The number of anilines is 1. The van der Waals surface area contributed by atoms with E-state index in [0.717, 1.165) is 35.7 Å². The number of nitrogens with zero attached hydrogens (tertiary/aromatic N) is 4. The van der Waals surface area contributed by atoms with Crippen LogP contribution in [0.3, 0.4) is 0 Å². The highest BCUT2D eigenvalue weighted by Gasteiger charge is 2.37. The summed E-state index contributed by atoms with van der Waals surface area (Å²) >= 11 is 0. The molecule has 2 aromatic heterocycles. The highest BCUT2D eigenvalue weighted by atomic mass is 19.4. The fourth-order valence-corrected chi connectivity index (χ4v) is 3.88. The molecule has 0 atom stereocenters. The number of carbonyl (C=O) groups excluding carboxylic acids is 1. The molecule has 6 nitrogen and oxygen atoms in total. The first kappa shape index (κ1) is 22.1. The van der Waals surface area contributed by atoms with Crippen molar-refractivity contribution in [3.63, 3.8) is 0 Å². The average Bonchev–Trinajstić information content (AvgIpc) is 3.41. The molecule has 32 heavy (non-hydrogen) atoms. The van der Waals surface area contributed by atoms with Gasteiger partial charge < -0.3 is 5.32 Å². The molecule has 4 rings (SSSR count). The zero-order chi connectivity index (χ0) is 23.0. The van der Waals surface area contributed by atoms with Crippen molar-refractivity contribution in [2.45, 2.75) is 65.2 Å². The monoisotopic (exact) mass is 445 g/mol. The number of rotatable bonds is 7. The van der Waals surface area contributed by atoms with Gasteiger partial charge in [-0.15, -0.1) is 0 Å². The minimum Gasteiger partial charge on any atom is -0.323 e. The van der Waals surface area contributed by atoms with Crippen molar-refractivity contribution >= 4 is 11.6 Å². The molecular formula is C23H26F3N5O. The molecule has 170 valence electrons. The second kappa shape index (κ2) is 8.44. The number of nitrogens with one attached hydrogen (secondary N) is 1. The van der Waals surface area contributed by atoms with Gasteiger partial charge in [0, 0.05) is 24.6 Å². The molecule has 0 aliphatic heterocycles. The van der Waals surface area contributed by atoms with Crippen molar-refractivity contribution in [1.82, 2.24) is 19.6 Å². The fraction of sp³-hybridized carbons (Fsp3) is 0.435. The topological polar surface area (TPSA) is 64.7 Å². The second-order valence-corrected chi connectivity index (χ2v) is 8.44. The van der Waals surface area contributed by atoms with Gasteiger partial charge in [-0.2, -0.15) is 23.4 Å². The van der Waals surface area contributed by atoms with Gasteiger partial charge in [0.05, 0.1) is 23.6 Å². The number of halogens is 3. The summed E-state index contributed by atoms with van der Waals surface area (Å²) in [6.07, 6.45) is -2.75. The van der Waals surface area contributed by atoms with Crippen molar-refractivity contribution in [1.29, 1.82) is 0 Å². The number of alkyl halides is 3.